The van der Waals surface area contributed by atoms with E-state index in [1.165, 1.54) is 65.3 Å². The van der Waals surface area contributed by atoms with Crippen LogP contribution < -0.4 is 18.9 Å². The van der Waals surface area contributed by atoms with Crippen molar-refractivity contribution in [2.24, 2.45) is 0 Å². The highest BCUT2D eigenvalue weighted by Crippen LogP contribution is 2.51. The normalized spacial score (nSPS) is 14.4. The Morgan fingerprint density at radius 2 is 0.470 bits per heavy atom. The van der Waals surface area contributed by atoms with Gasteiger partial charge in [0.25, 0.3) is 0 Å². The first-order valence-corrected chi connectivity index (χ1v) is 23.1. The van der Waals surface area contributed by atoms with Gasteiger partial charge in [0.1, 0.15) is 49.4 Å². The fourth-order valence-electron chi connectivity index (χ4n) is 9.83. The van der Waals surface area contributed by atoms with Crippen LogP contribution in [-0.4, -0.2) is 26.4 Å². The molecule has 322 valence electrons. The van der Waals surface area contributed by atoms with Crippen LogP contribution in [0.25, 0.3) is 65.3 Å². The van der Waals surface area contributed by atoms with Gasteiger partial charge in [-0.25, -0.2) is 0 Å². The summed E-state index contributed by atoms with van der Waals surface area (Å²) in [6.07, 6.45) is 20.8. The van der Waals surface area contributed by atoms with E-state index in [1.807, 2.05) is 36.4 Å². The number of benzene rings is 9. The molecule has 4 nitrogen and oxygen atoms in total. The Bertz CT molecular complexity index is 2930. The van der Waals surface area contributed by atoms with Crippen LogP contribution in [0, 0.1) is 0 Å². The molecule has 0 unspecified atom stereocenters. The smallest absolute Gasteiger partial charge is 0.131 e. The van der Waals surface area contributed by atoms with Crippen molar-refractivity contribution in [1.29, 1.82) is 0 Å². The second-order valence-corrected chi connectivity index (χ2v) is 16.9. The molecule has 4 heteroatoms. The van der Waals surface area contributed by atoms with Crippen molar-refractivity contribution in [2.45, 2.75) is 25.7 Å². The molecule has 0 saturated carbocycles. The summed E-state index contributed by atoms with van der Waals surface area (Å²) in [6.45, 7) is 2.36. The minimum atomic E-state index is 0.591. The molecule has 0 aliphatic carbocycles. The Hall–Kier alpha value is -7.82. The molecule has 13 rings (SSSR count). The zero-order valence-electron chi connectivity index (χ0n) is 36.9. The summed E-state index contributed by atoms with van der Waals surface area (Å²) < 4.78 is 25.4. The third kappa shape index (κ3) is 8.01. The second-order valence-electron chi connectivity index (χ2n) is 16.9. The molecule has 0 radical (unpaired) electrons. The lowest BCUT2D eigenvalue weighted by atomic mass is 9.88. The van der Waals surface area contributed by atoms with E-state index >= 15 is 0 Å². The van der Waals surface area contributed by atoms with Crippen molar-refractivity contribution < 1.29 is 18.9 Å². The monoisotopic (exact) mass is 858 g/mol. The fraction of sp³-hybridized carbons (Fsp3) is 0.129. The molecule has 9 aromatic carbocycles. The van der Waals surface area contributed by atoms with Gasteiger partial charge >= 0.3 is 0 Å². The van der Waals surface area contributed by atoms with E-state index in [-0.39, 0.29) is 0 Å². The number of fused-ring (bicyclic) bond motifs is 8. The highest BCUT2D eigenvalue weighted by Gasteiger charge is 2.26. The first-order valence-electron chi connectivity index (χ1n) is 23.1. The summed E-state index contributed by atoms with van der Waals surface area (Å²) in [5, 5.41) is 9.76. The predicted molar refractivity (Wildman–Crippen MR) is 274 cm³/mol. The van der Waals surface area contributed by atoms with E-state index in [0.717, 1.165) is 70.9 Å². The van der Waals surface area contributed by atoms with Crippen LogP contribution in [0.2, 0.25) is 0 Å². The van der Waals surface area contributed by atoms with Crippen molar-refractivity contribution in [2.75, 3.05) is 26.4 Å². The van der Waals surface area contributed by atoms with Crippen molar-refractivity contribution in [3.8, 4) is 45.3 Å². The average Bonchev–Trinajstić information content (AvgIpc) is 3.95. The van der Waals surface area contributed by atoms with Crippen molar-refractivity contribution in [1.82, 2.24) is 0 Å². The van der Waals surface area contributed by atoms with Gasteiger partial charge < -0.3 is 18.9 Å². The van der Waals surface area contributed by atoms with E-state index in [9.17, 15) is 0 Å². The Labute approximate surface area is 386 Å². The van der Waals surface area contributed by atoms with E-state index in [0.29, 0.717) is 26.4 Å². The van der Waals surface area contributed by atoms with Crippen molar-refractivity contribution in [3.63, 3.8) is 0 Å². The topological polar surface area (TPSA) is 36.9 Å². The quantitative estimate of drug-likeness (QED) is 0.162. The lowest BCUT2D eigenvalue weighted by Crippen LogP contribution is -2.02. The summed E-state index contributed by atoms with van der Waals surface area (Å²) >= 11 is 0. The zero-order valence-corrected chi connectivity index (χ0v) is 36.9. The molecular formula is C62H50O4. The SMILES string of the molecule is C1=CCc2cc3ccccc3c(-c3c4c(cc5ccccc35)CC=CCO4)c2OC1.C1=CCc2cc3ccccc3c(-c3c4c(cc5ccccc35)CC=CCO4)c2OC1.c1ccccc1. The molecule has 0 aromatic heterocycles. The maximum absolute atomic E-state index is 6.36. The van der Waals surface area contributed by atoms with E-state index in [1.54, 1.807) is 0 Å². The highest BCUT2D eigenvalue weighted by molar-refractivity contribution is 6.12. The number of ether oxygens (including phenoxy) is 4. The van der Waals surface area contributed by atoms with Gasteiger partial charge in [-0.3, -0.25) is 0 Å². The molecular weight excluding hydrogens is 809 g/mol. The summed E-state index contributed by atoms with van der Waals surface area (Å²) in [6, 6.07) is 55.6. The van der Waals surface area contributed by atoms with Gasteiger partial charge in [0, 0.05) is 22.3 Å². The average molecular weight is 859 g/mol. The molecule has 0 atom stereocenters. The molecule has 0 saturated heterocycles. The van der Waals surface area contributed by atoms with Gasteiger partial charge in [-0.05, 0) is 115 Å². The summed E-state index contributed by atoms with van der Waals surface area (Å²) in [5.74, 6) is 3.94. The Morgan fingerprint density at radius 1 is 0.242 bits per heavy atom. The summed E-state index contributed by atoms with van der Waals surface area (Å²) in [7, 11) is 0. The van der Waals surface area contributed by atoms with Crippen LogP contribution in [0.15, 0.2) is 206 Å². The molecule has 0 bridgehead atoms. The van der Waals surface area contributed by atoms with Gasteiger partial charge in [0.2, 0.25) is 0 Å². The summed E-state index contributed by atoms with van der Waals surface area (Å²) in [4.78, 5) is 0. The minimum absolute atomic E-state index is 0.591. The molecule has 0 spiro atoms. The number of rotatable bonds is 2. The Balaban J connectivity index is 0.000000129. The fourth-order valence-corrected chi connectivity index (χ4v) is 9.83. The third-order valence-electron chi connectivity index (χ3n) is 12.8. The highest BCUT2D eigenvalue weighted by atomic mass is 16.5. The summed E-state index contributed by atoms with van der Waals surface area (Å²) in [5.41, 5.74) is 9.53. The van der Waals surface area contributed by atoms with Crippen LogP contribution in [0.1, 0.15) is 22.3 Å². The van der Waals surface area contributed by atoms with E-state index < -0.39 is 0 Å². The van der Waals surface area contributed by atoms with Gasteiger partial charge in [-0.15, -0.1) is 0 Å². The zero-order chi connectivity index (χ0) is 44.1. The molecule has 4 heterocycles. The van der Waals surface area contributed by atoms with Crippen LogP contribution in [0.4, 0.5) is 0 Å². The lowest BCUT2D eigenvalue weighted by Gasteiger charge is -2.22. The lowest BCUT2D eigenvalue weighted by molar-refractivity contribution is 0.359. The van der Waals surface area contributed by atoms with E-state index in [2.05, 4.69) is 170 Å². The first-order chi connectivity index (χ1) is 32.8. The molecule has 0 amide bonds. The molecule has 0 fully saturated rings. The van der Waals surface area contributed by atoms with Gasteiger partial charge in [-0.1, -0.05) is 182 Å². The third-order valence-corrected chi connectivity index (χ3v) is 12.8. The molecule has 66 heavy (non-hydrogen) atoms. The van der Waals surface area contributed by atoms with Crippen LogP contribution >= 0.6 is 0 Å². The van der Waals surface area contributed by atoms with Gasteiger partial charge in [0.05, 0.1) is 0 Å². The van der Waals surface area contributed by atoms with Gasteiger partial charge in [-0.2, -0.15) is 0 Å². The van der Waals surface area contributed by atoms with Crippen LogP contribution in [0.5, 0.6) is 23.0 Å². The van der Waals surface area contributed by atoms with Crippen molar-refractivity contribution in [3.05, 3.63) is 229 Å². The van der Waals surface area contributed by atoms with E-state index in [4.69, 9.17) is 18.9 Å². The maximum Gasteiger partial charge on any atom is 0.131 e. The molecule has 4 aliphatic rings. The Kier molecular flexibility index (Phi) is 11.6. The standard InChI is InChI=1S/2C28H22O2.C6H6/c2*1-3-13-23-19(9-1)17-21-11-5-7-15-29-27(21)25(23)26-24-14-4-2-10-20(24)18-22-12-6-8-16-30-28(22)26;1-2-4-6-5-3-1/h2*1-10,13-14,17-18H,11-12,15-16H2;1-6H. The molecule has 9 aromatic rings. The minimum Gasteiger partial charge on any atom is -0.489 e. The number of hydrogen-bond donors (Lipinski definition) is 0. The first kappa shape index (κ1) is 40.9. The number of allylic oxidation sites excluding steroid dienone is 4. The van der Waals surface area contributed by atoms with Crippen LogP contribution in [-0.2, 0) is 25.7 Å². The number of hydrogen-bond acceptors (Lipinski definition) is 4. The predicted octanol–water partition coefficient (Wildman–Crippen LogP) is 15.0. The molecule has 0 N–H and O–H groups in total. The molecule has 4 aliphatic heterocycles. The largest absolute Gasteiger partial charge is 0.489 e. The Morgan fingerprint density at radius 3 is 0.712 bits per heavy atom. The van der Waals surface area contributed by atoms with Crippen molar-refractivity contribution >= 4 is 43.1 Å². The van der Waals surface area contributed by atoms with Crippen LogP contribution in [0.3, 0.4) is 0 Å². The van der Waals surface area contributed by atoms with Gasteiger partial charge in [0.15, 0.2) is 0 Å². The maximum atomic E-state index is 6.36. The second kappa shape index (κ2) is 18.7.